The lowest BCUT2D eigenvalue weighted by Crippen LogP contribution is -2.30. The lowest BCUT2D eigenvalue weighted by Gasteiger charge is -2.23. The molecule has 1 fully saturated rings. The van der Waals surface area contributed by atoms with Crippen LogP contribution in [0, 0.1) is 5.92 Å². The van der Waals surface area contributed by atoms with Crippen LogP contribution < -0.4 is 0 Å². The standard InChI is InChI=1S/C14H17O6P/c1-18-13(16)14(21(17,19-2)20-3)11(9-15)12(14)10-7-5-4-6-8-10/h4-9,11-12H,1-3H3/t11-,12-,14-/m1/s1. The first kappa shape index (κ1) is 15.9. The molecule has 7 heteroatoms. The molecule has 0 saturated heterocycles. The summed E-state index contributed by atoms with van der Waals surface area (Å²) in [6.45, 7) is 0. The fourth-order valence-electron chi connectivity index (χ4n) is 2.97. The number of aldehydes is 1. The fraction of sp³-hybridized carbons (Fsp3) is 0.429. The molecule has 3 atom stereocenters. The van der Waals surface area contributed by atoms with E-state index in [0.29, 0.717) is 11.8 Å². The number of hydrogen-bond acceptors (Lipinski definition) is 6. The summed E-state index contributed by atoms with van der Waals surface area (Å²) in [5, 5.41) is -1.62. The Balaban J connectivity index is 2.59. The van der Waals surface area contributed by atoms with E-state index in [4.69, 9.17) is 13.8 Å². The Morgan fingerprint density at radius 2 is 1.76 bits per heavy atom. The minimum absolute atomic E-state index is 0.589. The number of benzene rings is 1. The second kappa shape index (κ2) is 5.72. The molecule has 0 spiro atoms. The number of ether oxygens (including phenoxy) is 1. The molecule has 0 N–H and O–H groups in total. The summed E-state index contributed by atoms with van der Waals surface area (Å²) in [6.07, 6.45) is 0.610. The van der Waals surface area contributed by atoms with Gasteiger partial charge in [0, 0.05) is 20.1 Å². The van der Waals surface area contributed by atoms with Gasteiger partial charge in [-0.25, -0.2) is 0 Å². The average molecular weight is 312 g/mol. The molecule has 114 valence electrons. The molecule has 0 aliphatic heterocycles. The summed E-state index contributed by atoms with van der Waals surface area (Å²) in [5.74, 6) is -2.16. The van der Waals surface area contributed by atoms with E-state index < -0.39 is 30.6 Å². The molecule has 1 saturated carbocycles. The topological polar surface area (TPSA) is 78.9 Å². The summed E-state index contributed by atoms with van der Waals surface area (Å²) < 4.78 is 27.7. The number of carbonyl (C=O) groups excluding carboxylic acids is 2. The summed E-state index contributed by atoms with van der Waals surface area (Å²) in [7, 11) is -0.280. The van der Waals surface area contributed by atoms with Gasteiger partial charge in [0.25, 0.3) is 0 Å². The third kappa shape index (κ3) is 2.06. The maximum atomic E-state index is 12.9. The summed E-state index contributed by atoms with van der Waals surface area (Å²) in [4.78, 5) is 23.7. The Kier molecular flexibility index (Phi) is 4.33. The van der Waals surface area contributed by atoms with E-state index in [-0.39, 0.29) is 0 Å². The van der Waals surface area contributed by atoms with E-state index in [1.165, 1.54) is 21.3 Å². The summed E-state index contributed by atoms with van der Waals surface area (Å²) in [6, 6.07) is 8.90. The van der Waals surface area contributed by atoms with Crippen molar-refractivity contribution >= 4 is 19.9 Å². The monoisotopic (exact) mass is 312 g/mol. The smallest absolute Gasteiger partial charge is 0.348 e. The molecule has 0 bridgehead atoms. The highest BCUT2D eigenvalue weighted by Gasteiger charge is 2.81. The van der Waals surface area contributed by atoms with Gasteiger partial charge >= 0.3 is 13.6 Å². The molecular formula is C14H17O6P. The SMILES string of the molecule is COC(=O)[C@@]1(P(=O)(OC)OC)[C@H](C=O)[C@H]1c1ccccc1. The molecule has 1 aliphatic carbocycles. The van der Waals surface area contributed by atoms with Gasteiger partial charge in [0.1, 0.15) is 6.29 Å². The number of carbonyl (C=O) groups is 2. The van der Waals surface area contributed by atoms with E-state index in [0.717, 1.165) is 0 Å². The van der Waals surface area contributed by atoms with Crippen LogP contribution in [0.2, 0.25) is 0 Å². The van der Waals surface area contributed by atoms with Crippen LogP contribution in [-0.4, -0.2) is 38.7 Å². The zero-order valence-corrected chi connectivity index (χ0v) is 12.9. The number of rotatable bonds is 6. The third-order valence-corrected chi connectivity index (χ3v) is 6.61. The quantitative estimate of drug-likeness (QED) is 0.454. The van der Waals surface area contributed by atoms with E-state index in [1.54, 1.807) is 24.3 Å². The molecule has 0 unspecified atom stereocenters. The molecule has 1 aromatic carbocycles. The molecule has 0 amide bonds. The number of hydrogen-bond donors (Lipinski definition) is 0. The van der Waals surface area contributed by atoms with Gasteiger partial charge in [0.2, 0.25) is 0 Å². The second-order valence-corrected chi connectivity index (χ2v) is 7.20. The molecule has 21 heavy (non-hydrogen) atoms. The molecule has 2 rings (SSSR count). The van der Waals surface area contributed by atoms with Crippen LogP contribution in [0.4, 0.5) is 0 Å². The van der Waals surface area contributed by atoms with Crippen molar-refractivity contribution in [2.75, 3.05) is 21.3 Å². The predicted octanol–water partition coefficient (Wildman–Crippen LogP) is 2.00. The maximum Gasteiger partial charge on any atom is 0.348 e. The Hall–Kier alpha value is -1.49. The Bertz CT molecular complexity index is 578. The third-order valence-electron chi connectivity index (χ3n) is 3.98. The van der Waals surface area contributed by atoms with Crippen LogP contribution in [0.3, 0.4) is 0 Å². The molecule has 1 aliphatic rings. The molecule has 0 radical (unpaired) electrons. The fourth-order valence-corrected chi connectivity index (χ4v) is 5.19. The second-order valence-electron chi connectivity index (χ2n) is 4.73. The average Bonchev–Trinajstić information content (AvgIpc) is 3.24. The normalized spacial score (nSPS) is 28.0. The highest BCUT2D eigenvalue weighted by molar-refractivity contribution is 7.57. The maximum absolute atomic E-state index is 12.9. The van der Waals surface area contributed by atoms with Crippen molar-refractivity contribution in [2.45, 2.75) is 11.1 Å². The highest BCUT2D eigenvalue weighted by Crippen LogP contribution is 2.79. The Morgan fingerprint density at radius 3 is 2.19 bits per heavy atom. The van der Waals surface area contributed by atoms with Crippen molar-refractivity contribution < 1.29 is 27.9 Å². The largest absolute Gasteiger partial charge is 0.468 e. The molecule has 1 aromatic rings. The first-order chi connectivity index (χ1) is 10.0. The van der Waals surface area contributed by atoms with Crippen molar-refractivity contribution in [3.8, 4) is 0 Å². The van der Waals surface area contributed by atoms with Crippen LogP contribution in [0.5, 0.6) is 0 Å². The first-order valence-corrected chi connectivity index (χ1v) is 7.88. The van der Waals surface area contributed by atoms with Gasteiger partial charge in [-0.05, 0) is 5.56 Å². The van der Waals surface area contributed by atoms with Crippen molar-refractivity contribution in [3.05, 3.63) is 35.9 Å². The number of methoxy groups -OCH3 is 1. The Morgan fingerprint density at radius 1 is 1.19 bits per heavy atom. The summed E-state index contributed by atoms with van der Waals surface area (Å²) >= 11 is 0. The Labute approximate surface area is 122 Å². The van der Waals surface area contributed by atoms with E-state index in [2.05, 4.69) is 0 Å². The number of esters is 1. The van der Waals surface area contributed by atoms with Gasteiger partial charge < -0.3 is 18.6 Å². The summed E-state index contributed by atoms with van der Waals surface area (Å²) in [5.41, 5.74) is 0.717. The van der Waals surface area contributed by atoms with Gasteiger partial charge in [-0.15, -0.1) is 0 Å². The van der Waals surface area contributed by atoms with Gasteiger partial charge in [-0.3, -0.25) is 9.36 Å². The van der Waals surface area contributed by atoms with E-state index in [1.807, 2.05) is 6.07 Å². The highest BCUT2D eigenvalue weighted by atomic mass is 31.2. The van der Waals surface area contributed by atoms with Gasteiger partial charge in [0.15, 0.2) is 5.16 Å². The van der Waals surface area contributed by atoms with Crippen LogP contribution in [0.25, 0.3) is 0 Å². The van der Waals surface area contributed by atoms with Gasteiger partial charge in [0.05, 0.1) is 13.0 Å². The molecule has 6 nitrogen and oxygen atoms in total. The van der Waals surface area contributed by atoms with E-state index in [9.17, 15) is 14.2 Å². The lowest BCUT2D eigenvalue weighted by atomic mass is 10.1. The van der Waals surface area contributed by atoms with Crippen LogP contribution in [-0.2, 0) is 27.9 Å². The first-order valence-electron chi connectivity index (χ1n) is 6.33. The molecule has 0 heterocycles. The van der Waals surface area contributed by atoms with Crippen LogP contribution in [0.1, 0.15) is 11.5 Å². The van der Waals surface area contributed by atoms with Gasteiger partial charge in [-0.1, -0.05) is 30.3 Å². The van der Waals surface area contributed by atoms with Crippen molar-refractivity contribution in [3.63, 3.8) is 0 Å². The minimum atomic E-state index is -3.85. The van der Waals surface area contributed by atoms with Crippen LogP contribution >= 0.6 is 7.60 Å². The zero-order chi connectivity index (χ0) is 15.7. The van der Waals surface area contributed by atoms with Crippen molar-refractivity contribution in [2.24, 2.45) is 5.92 Å². The van der Waals surface area contributed by atoms with Crippen molar-refractivity contribution in [1.29, 1.82) is 0 Å². The lowest BCUT2D eigenvalue weighted by molar-refractivity contribution is -0.142. The molecule has 0 aromatic heterocycles. The molecular weight excluding hydrogens is 295 g/mol. The minimum Gasteiger partial charge on any atom is -0.468 e. The van der Waals surface area contributed by atoms with Crippen molar-refractivity contribution in [1.82, 2.24) is 0 Å². The predicted molar refractivity (Wildman–Crippen MR) is 75.1 cm³/mol. The van der Waals surface area contributed by atoms with E-state index >= 15 is 0 Å². The van der Waals surface area contributed by atoms with Gasteiger partial charge in [-0.2, -0.15) is 0 Å². The van der Waals surface area contributed by atoms with Crippen LogP contribution in [0.15, 0.2) is 30.3 Å². The zero-order valence-electron chi connectivity index (χ0n) is 12.0.